The second-order valence-electron chi connectivity index (χ2n) is 8.65. The third-order valence-electron chi connectivity index (χ3n) is 6.57. The van der Waals surface area contributed by atoms with Crippen molar-refractivity contribution in [2.75, 3.05) is 62.3 Å². The Labute approximate surface area is 197 Å². The molecule has 3 aromatic rings. The van der Waals surface area contributed by atoms with Gasteiger partial charge in [0.05, 0.1) is 23.7 Å². The van der Waals surface area contributed by atoms with Crippen LogP contribution in [0.1, 0.15) is 15.9 Å². The number of aryl methyl sites for hydroxylation is 1. The average Bonchev–Trinajstić information content (AvgIpc) is 2.88. The van der Waals surface area contributed by atoms with Crippen LogP contribution in [0.4, 0.5) is 17.2 Å². The summed E-state index contributed by atoms with van der Waals surface area (Å²) in [5.74, 6) is 0.729. The number of fused-ring (bicyclic) bond motifs is 1. The van der Waals surface area contributed by atoms with Crippen LogP contribution in [0.2, 0.25) is 0 Å². The van der Waals surface area contributed by atoms with Crippen LogP contribution in [0.15, 0.2) is 48.5 Å². The molecular weight excluding hydrogens is 434 g/mol. The minimum Gasteiger partial charge on any atom is -0.378 e. The quantitative estimate of drug-likeness (QED) is 0.435. The number of benzene rings is 2. The molecule has 0 atom stereocenters. The number of piperazine rings is 1. The standard InChI is InChI=1S/C25H27N5O4/c1-18-16-24(26-21-5-3-2-4-20(18)21)28-8-10-29(11-9-28)25(31)19-6-7-22(23(17-19)30(32)33)27-12-14-34-15-13-27/h2-7,16-17H,8-15H2,1H3. The van der Waals surface area contributed by atoms with Crippen LogP contribution in [0.25, 0.3) is 10.9 Å². The molecular formula is C25H27N5O4. The molecule has 2 aliphatic heterocycles. The van der Waals surface area contributed by atoms with Gasteiger partial charge in [-0.15, -0.1) is 0 Å². The van der Waals surface area contributed by atoms with Crippen molar-refractivity contribution in [1.82, 2.24) is 9.88 Å². The molecule has 3 heterocycles. The second-order valence-corrected chi connectivity index (χ2v) is 8.65. The highest BCUT2D eigenvalue weighted by Gasteiger charge is 2.27. The molecule has 0 N–H and O–H groups in total. The van der Waals surface area contributed by atoms with Gasteiger partial charge in [0, 0.05) is 56.3 Å². The Balaban J connectivity index is 1.30. The van der Waals surface area contributed by atoms with E-state index in [1.807, 2.05) is 23.1 Å². The molecule has 176 valence electrons. The highest BCUT2D eigenvalue weighted by atomic mass is 16.6. The minimum atomic E-state index is -0.409. The lowest BCUT2D eigenvalue weighted by Crippen LogP contribution is -2.49. The van der Waals surface area contributed by atoms with Crippen molar-refractivity contribution in [3.05, 3.63) is 69.8 Å². The number of hydrogen-bond acceptors (Lipinski definition) is 7. The van der Waals surface area contributed by atoms with Crippen LogP contribution in [-0.4, -0.2) is 73.2 Å². The number of nitro groups is 1. The summed E-state index contributed by atoms with van der Waals surface area (Å²) in [4.78, 5) is 35.2. The predicted molar refractivity (Wildman–Crippen MR) is 131 cm³/mol. The molecule has 0 spiro atoms. The molecule has 5 rings (SSSR count). The van der Waals surface area contributed by atoms with E-state index in [2.05, 4.69) is 24.0 Å². The molecule has 0 bridgehead atoms. The van der Waals surface area contributed by atoms with E-state index in [4.69, 9.17) is 9.72 Å². The van der Waals surface area contributed by atoms with E-state index in [1.165, 1.54) is 11.6 Å². The first kappa shape index (κ1) is 22.1. The van der Waals surface area contributed by atoms with Crippen molar-refractivity contribution in [3.63, 3.8) is 0 Å². The lowest BCUT2D eigenvalue weighted by molar-refractivity contribution is -0.384. The van der Waals surface area contributed by atoms with Crippen molar-refractivity contribution >= 4 is 34.0 Å². The van der Waals surface area contributed by atoms with Gasteiger partial charge in [-0.1, -0.05) is 18.2 Å². The van der Waals surface area contributed by atoms with Crippen LogP contribution in [0, 0.1) is 17.0 Å². The Morgan fingerprint density at radius 2 is 1.71 bits per heavy atom. The van der Waals surface area contributed by atoms with Crippen molar-refractivity contribution < 1.29 is 14.5 Å². The summed E-state index contributed by atoms with van der Waals surface area (Å²) in [6, 6.07) is 15.0. The number of hydrogen-bond donors (Lipinski definition) is 0. The summed E-state index contributed by atoms with van der Waals surface area (Å²) in [7, 11) is 0. The van der Waals surface area contributed by atoms with Gasteiger partial charge in [0.1, 0.15) is 11.5 Å². The number of nitro benzene ring substituents is 1. The largest absolute Gasteiger partial charge is 0.378 e. The SMILES string of the molecule is Cc1cc(N2CCN(C(=O)c3ccc(N4CCOCC4)c([N+](=O)[O-])c3)CC2)nc2ccccc12. The molecule has 0 unspecified atom stereocenters. The fraction of sp³-hybridized carbons (Fsp3) is 0.360. The van der Waals surface area contributed by atoms with Crippen LogP contribution in [0.3, 0.4) is 0 Å². The van der Waals surface area contributed by atoms with E-state index >= 15 is 0 Å². The number of carbonyl (C=O) groups excluding carboxylic acids is 1. The number of pyridine rings is 1. The maximum atomic E-state index is 13.2. The Kier molecular flexibility index (Phi) is 6.02. The maximum Gasteiger partial charge on any atom is 0.293 e. The van der Waals surface area contributed by atoms with Crippen molar-refractivity contribution in [3.8, 4) is 0 Å². The van der Waals surface area contributed by atoms with Gasteiger partial charge in [0.15, 0.2) is 0 Å². The summed E-state index contributed by atoms with van der Waals surface area (Å²) in [6.07, 6.45) is 0. The third kappa shape index (κ3) is 4.26. The number of para-hydroxylation sites is 1. The predicted octanol–water partition coefficient (Wildman–Crippen LogP) is 3.25. The van der Waals surface area contributed by atoms with Crippen LogP contribution < -0.4 is 9.80 Å². The van der Waals surface area contributed by atoms with Gasteiger partial charge in [0.2, 0.25) is 0 Å². The summed E-state index contributed by atoms with van der Waals surface area (Å²) in [5.41, 5.74) is 2.97. The molecule has 0 saturated carbocycles. The zero-order chi connectivity index (χ0) is 23.7. The molecule has 2 fully saturated rings. The topological polar surface area (TPSA) is 92.0 Å². The number of nitrogens with zero attached hydrogens (tertiary/aromatic N) is 5. The first-order valence-corrected chi connectivity index (χ1v) is 11.5. The highest BCUT2D eigenvalue weighted by molar-refractivity contribution is 5.96. The Morgan fingerprint density at radius 1 is 0.971 bits per heavy atom. The summed E-state index contributed by atoms with van der Waals surface area (Å²) in [5, 5.41) is 12.9. The smallest absolute Gasteiger partial charge is 0.293 e. The van der Waals surface area contributed by atoms with Crippen LogP contribution in [0.5, 0.6) is 0 Å². The second kappa shape index (κ2) is 9.26. The van der Waals surface area contributed by atoms with Gasteiger partial charge >= 0.3 is 0 Å². The molecule has 0 aliphatic carbocycles. The van der Waals surface area contributed by atoms with E-state index in [9.17, 15) is 14.9 Å². The molecule has 2 aromatic carbocycles. The Hall–Kier alpha value is -3.72. The first-order chi connectivity index (χ1) is 16.5. The number of aromatic nitrogens is 1. The molecule has 9 nitrogen and oxygen atoms in total. The number of anilines is 2. The lowest BCUT2D eigenvalue weighted by atomic mass is 10.1. The minimum absolute atomic E-state index is 0.0396. The van der Waals surface area contributed by atoms with E-state index in [-0.39, 0.29) is 11.6 Å². The molecule has 9 heteroatoms. The molecule has 2 aliphatic rings. The molecule has 34 heavy (non-hydrogen) atoms. The maximum absolute atomic E-state index is 13.2. The first-order valence-electron chi connectivity index (χ1n) is 11.5. The Bertz CT molecular complexity index is 1230. The Morgan fingerprint density at radius 3 is 2.44 bits per heavy atom. The molecule has 1 aromatic heterocycles. The lowest BCUT2D eigenvalue weighted by Gasteiger charge is -2.35. The van der Waals surface area contributed by atoms with Gasteiger partial charge in [-0.25, -0.2) is 4.98 Å². The zero-order valence-corrected chi connectivity index (χ0v) is 19.1. The van der Waals surface area contributed by atoms with Crippen LogP contribution >= 0.6 is 0 Å². The molecule has 1 amide bonds. The fourth-order valence-corrected chi connectivity index (χ4v) is 4.69. The van der Waals surface area contributed by atoms with Crippen molar-refractivity contribution in [2.24, 2.45) is 0 Å². The number of rotatable bonds is 4. The normalized spacial score (nSPS) is 16.7. The van der Waals surface area contributed by atoms with Gasteiger partial charge < -0.3 is 19.4 Å². The number of amides is 1. The van der Waals surface area contributed by atoms with E-state index < -0.39 is 4.92 Å². The van der Waals surface area contributed by atoms with E-state index in [0.29, 0.717) is 63.7 Å². The molecule has 0 radical (unpaired) electrons. The van der Waals surface area contributed by atoms with Crippen molar-refractivity contribution in [2.45, 2.75) is 6.92 Å². The third-order valence-corrected chi connectivity index (χ3v) is 6.57. The monoisotopic (exact) mass is 461 g/mol. The summed E-state index contributed by atoms with van der Waals surface area (Å²) >= 11 is 0. The van der Waals surface area contributed by atoms with Gasteiger partial charge in [0.25, 0.3) is 11.6 Å². The van der Waals surface area contributed by atoms with E-state index in [1.54, 1.807) is 17.0 Å². The number of morpholine rings is 1. The number of ether oxygens (including phenoxy) is 1. The zero-order valence-electron chi connectivity index (χ0n) is 19.1. The van der Waals surface area contributed by atoms with Gasteiger partial charge in [-0.05, 0) is 36.8 Å². The van der Waals surface area contributed by atoms with Crippen LogP contribution in [-0.2, 0) is 4.74 Å². The van der Waals surface area contributed by atoms with Gasteiger partial charge in [-0.3, -0.25) is 14.9 Å². The fourth-order valence-electron chi connectivity index (χ4n) is 4.69. The number of carbonyl (C=O) groups is 1. The van der Waals surface area contributed by atoms with Gasteiger partial charge in [-0.2, -0.15) is 0 Å². The van der Waals surface area contributed by atoms with Crippen molar-refractivity contribution in [1.29, 1.82) is 0 Å². The summed E-state index contributed by atoms with van der Waals surface area (Å²) < 4.78 is 5.35. The highest BCUT2D eigenvalue weighted by Crippen LogP contribution is 2.31. The summed E-state index contributed by atoms with van der Waals surface area (Å²) in [6.45, 7) is 6.73. The van der Waals surface area contributed by atoms with E-state index in [0.717, 1.165) is 16.7 Å². The molecule has 2 saturated heterocycles. The average molecular weight is 462 g/mol.